The van der Waals surface area contributed by atoms with E-state index in [1.165, 1.54) is 24.4 Å². The maximum Gasteiger partial charge on any atom is 0.266 e. The first-order chi connectivity index (χ1) is 9.03. The van der Waals surface area contributed by atoms with E-state index in [0.29, 0.717) is 0 Å². The Balaban J connectivity index is 2.37. The maximum atomic E-state index is 12.1. The fraction of sp³-hybridized carbons (Fsp3) is 0. The third-order valence-corrected chi connectivity index (χ3v) is 3.50. The first-order valence-electron chi connectivity index (χ1n) is 5.03. The van der Waals surface area contributed by atoms with Crippen LogP contribution in [-0.4, -0.2) is 23.6 Å². The summed E-state index contributed by atoms with van der Waals surface area (Å²) >= 11 is 0. The summed E-state index contributed by atoms with van der Waals surface area (Å²) in [4.78, 5) is 14.5. The first kappa shape index (κ1) is 13.0. The predicted molar refractivity (Wildman–Crippen MR) is 67.7 cm³/mol. The van der Waals surface area contributed by atoms with Gasteiger partial charge in [0.05, 0.1) is 0 Å². The summed E-state index contributed by atoms with van der Waals surface area (Å²) in [6, 6.07) is 5.17. The van der Waals surface area contributed by atoms with E-state index in [1.54, 1.807) is 0 Å². The Morgan fingerprint density at radius 1 is 1.26 bits per heavy atom. The van der Waals surface area contributed by atoms with Crippen LogP contribution in [0, 0.1) is 0 Å². The van der Waals surface area contributed by atoms with E-state index in [2.05, 4.69) is 25.3 Å². The number of hydrogen-bond donors (Lipinski definition) is 4. The van der Waals surface area contributed by atoms with Gasteiger partial charge in [-0.05, 0) is 18.2 Å². The van der Waals surface area contributed by atoms with Crippen molar-refractivity contribution in [2.45, 2.75) is 4.90 Å². The van der Waals surface area contributed by atoms with Gasteiger partial charge in [-0.15, -0.1) is 0 Å². The Hall–Kier alpha value is -2.46. The number of pyridine rings is 1. The zero-order chi connectivity index (χ0) is 13.9. The van der Waals surface area contributed by atoms with Crippen LogP contribution in [0.4, 0.5) is 11.6 Å². The summed E-state index contributed by atoms with van der Waals surface area (Å²) < 4.78 is 26.4. The normalized spacial score (nSPS) is 11.0. The van der Waals surface area contributed by atoms with Crippen molar-refractivity contribution in [2.24, 2.45) is 5.84 Å². The van der Waals surface area contributed by atoms with Crippen LogP contribution >= 0.6 is 0 Å². The van der Waals surface area contributed by atoms with Crippen LogP contribution in [0.3, 0.4) is 0 Å². The second-order valence-electron chi connectivity index (χ2n) is 3.41. The van der Waals surface area contributed by atoms with Crippen molar-refractivity contribution in [2.75, 3.05) is 10.1 Å². The zero-order valence-electron chi connectivity index (χ0n) is 9.49. The summed E-state index contributed by atoms with van der Waals surface area (Å²) in [6.45, 7) is 0. The number of hydrogen-bond acceptors (Lipinski definition) is 7. The van der Waals surface area contributed by atoms with Crippen LogP contribution in [-0.2, 0) is 10.0 Å². The molecular weight excluding hydrogens is 272 g/mol. The molecule has 0 aromatic carbocycles. The molecule has 0 bridgehead atoms. The number of aromatic nitrogens is 3. The lowest BCUT2D eigenvalue weighted by molar-refractivity contribution is 0.601. The number of nitrogens with two attached hydrogens (primary N) is 1. The molecule has 0 radical (unpaired) electrons. The number of nitrogens with one attached hydrogen (secondary N) is 3. The second kappa shape index (κ2) is 5.04. The molecule has 5 N–H and O–H groups in total. The van der Waals surface area contributed by atoms with Crippen molar-refractivity contribution in [1.82, 2.24) is 15.2 Å². The Morgan fingerprint density at radius 3 is 2.68 bits per heavy atom. The highest BCUT2D eigenvalue weighted by atomic mass is 32.2. The van der Waals surface area contributed by atoms with E-state index in [1.807, 2.05) is 0 Å². The summed E-state index contributed by atoms with van der Waals surface area (Å²) in [5.74, 6) is 5.17. The SMILES string of the molecule is NNc1ncccc1S(=O)(=O)Nc1ccc(=O)[nH]n1. The van der Waals surface area contributed by atoms with Crippen LogP contribution in [0.5, 0.6) is 0 Å². The molecule has 10 heteroatoms. The maximum absolute atomic E-state index is 12.1. The minimum absolute atomic E-state index is 0.000533. The van der Waals surface area contributed by atoms with Crippen molar-refractivity contribution in [3.63, 3.8) is 0 Å². The molecule has 0 atom stereocenters. The second-order valence-corrected chi connectivity index (χ2v) is 5.06. The average Bonchev–Trinajstić information content (AvgIpc) is 2.41. The third-order valence-electron chi connectivity index (χ3n) is 2.11. The number of H-pyrrole nitrogens is 1. The fourth-order valence-corrected chi connectivity index (χ4v) is 2.43. The molecule has 0 unspecified atom stereocenters. The molecule has 0 saturated heterocycles. The number of rotatable bonds is 4. The molecule has 2 aromatic heterocycles. The van der Waals surface area contributed by atoms with Crippen molar-refractivity contribution < 1.29 is 8.42 Å². The zero-order valence-corrected chi connectivity index (χ0v) is 10.3. The highest BCUT2D eigenvalue weighted by Crippen LogP contribution is 2.19. The van der Waals surface area contributed by atoms with Crippen LogP contribution in [0.1, 0.15) is 0 Å². The van der Waals surface area contributed by atoms with E-state index < -0.39 is 15.6 Å². The summed E-state index contributed by atoms with van der Waals surface area (Å²) in [7, 11) is -3.91. The van der Waals surface area contributed by atoms with Crippen LogP contribution in [0.25, 0.3) is 0 Å². The quantitative estimate of drug-likeness (QED) is 0.426. The largest absolute Gasteiger partial charge is 0.307 e. The molecule has 9 nitrogen and oxygen atoms in total. The minimum atomic E-state index is -3.91. The van der Waals surface area contributed by atoms with Gasteiger partial charge in [-0.3, -0.25) is 9.52 Å². The van der Waals surface area contributed by atoms with Gasteiger partial charge >= 0.3 is 0 Å². The summed E-state index contributed by atoms with van der Waals surface area (Å²) in [6.07, 6.45) is 1.40. The molecular formula is C9H10N6O3S. The lowest BCUT2D eigenvalue weighted by atomic mass is 10.5. The monoisotopic (exact) mass is 282 g/mol. The number of anilines is 2. The molecule has 2 aromatic rings. The van der Waals surface area contributed by atoms with Gasteiger partial charge in [-0.1, -0.05) is 0 Å². The number of nitrogen functional groups attached to an aromatic ring is 1. The van der Waals surface area contributed by atoms with E-state index in [0.717, 1.165) is 6.07 Å². The van der Waals surface area contributed by atoms with Crippen LogP contribution < -0.4 is 21.5 Å². The number of sulfonamides is 1. The van der Waals surface area contributed by atoms with Crippen molar-refractivity contribution in [3.05, 3.63) is 40.8 Å². The molecule has 100 valence electrons. The number of nitrogens with zero attached hydrogens (tertiary/aromatic N) is 2. The predicted octanol–water partition coefficient (Wildman–Crippen LogP) is -0.749. The Bertz CT molecular complexity index is 721. The van der Waals surface area contributed by atoms with E-state index in [-0.39, 0.29) is 16.5 Å². The van der Waals surface area contributed by atoms with Gasteiger partial charge in [0.25, 0.3) is 15.6 Å². The van der Waals surface area contributed by atoms with E-state index in [9.17, 15) is 13.2 Å². The summed E-state index contributed by atoms with van der Waals surface area (Å²) in [5, 5.41) is 5.66. The molecule has 0 fully saturated rings. The number of hydrazine groups is 1. The summed E-state index contributed by atoms with van der Waals surface area (Å²) in [5.41, 5.74) is 1.75. The molecule has 2 rings (SSSR count). The highest BCUT2D eigenvalue weighted by Gasteiger charge is 2.19. The smallest absolute Gasteiger partial charge is 0.266 e. The standard InChI is InChI=1S/C9H10N6O3S/c10-12-9-6(2-1-5-11-9)19(17,18)15-7-3-4-8(16)14-13-7/h1-5H,10H2,(H,11,12)(H,13,15)(H,14,16). The highest BCUT2D eigenvalue weighted by molar-refractivity contribution is 7.92. The van der Waals surface area contributed by atoms with Gasteiger partial charge in [0.15, 0.2) is 11.6 Å². The third kappa shape index (κ3) is 2.86. The van der Waals surface area contributed by atoms with Gasteiger partial charge < -0.3 is 5.43 Å². The first-order valence-corrected chi connectivity index (χ1v) is 6.51. The van der Waals surface area contributed by atoms with E-state index >= 15 is 0 Å². The molecule has 0 amide bonds. The van der Waals surface area contributed by atoms with E-state index in [4.69, 9.17) is 5.84 Å². The van der Waals surface area contributed by atoms with Crippen LogP contribution in [0.2, 0.25) is 0 Å². The molecule has 0 spiro atoms. The van der Waals surface area contributed by atoms with Crippen molar-refractivity contribution >= 4 is 21.7 Å². The Kier molecular flexibility index (Phi) is 3.44. The minimum Gasteiger partial charge on any atom is -0.307 e. The molecule has 2 heterocycles. The molecule has 0 aliphatic heterocycles. The lowest BCUT2D eigenvalue weighted by Crippen LogP contribution is -2.20. The molecule has 0 aliphatic carbocycles. The lowest BCUT2D eigenvalue weighted by Gasteiger charge is -2.09. The van der Waals surface area contributed by atoms with Crippen LogP contribution in [0.15, 0.2) is 40.2 Å². The Labute approximate surface area is 107 Å². The number of aromatic amines is 1. The molecule has 0 aliphatic rings. The molecule has 0 saturated carbocycles. The Morgan fingerprint density at radius 2 is 2.05 bits per heavy atom. The molecule has 19 heavy (non-hydrogen) atoms. The van der Waals surface area contributed by atoms with Gasteiger partial charge in [-0.2, -0.15) is 5.10 Å². The van der Waals surface area contributed by atoms with Gasteiger partial charge in [0, 0.05) is 12.3 Å². The van der Waals surface area contributed by atoms with Crippen molar-refractivity contribution in [1.29, 1.82) is 0 Å². The van der Waals surface area contributed by atoms with Gasteiger partial charge in [-0.25, -0.2) is 24.3 Å². The van der Waals surface area contributed by atoms with Gasteiger partial charge in [0.1, 0.15) is 4.90 Å². The topological polar surface area (TPSA) is 143 Å². The fourth-order valence-electron chi connectivity index (χ4n) is 1.31. The van der Waals surface area contributed by atoms with Crippen molar-refractivity contribution in [3.8, 4) is 0 Å². The average molecular weight is 282 g/mol. The van der Waals surface area contributed by atoms with Gasteiger partial charge in [0.2, 0.25) is 0 Å².